The topological polar surface area (TPSA) is 68.9 Å². The minimum Gasteiger partial charge on any atom is -0.391 e. The number of aliphatic hydroxyl groups excluding tert-OH is 1. The monoisotopic (exact) mass is 156 g/mol. The van der Waals surface area contributed by atoms with Gasteiger partial charge in [0.05, 0.1) is 12.2 Å². The van der Waals surface area contributed by atoms with Gasteiger partial charge in [0.15, 0.2) is 0 Å². The molecule has 0 saturated carbocycles. The Morgan fingerprint density at radius 2 is 2.09 bits per heavy atom. The fourth-order valence-corrected chi connectivity index (χ4v) is 1.05. The van der Waals surface area contributed by atoms with Crippen LogP contribution < -0.4 is 5.56 Å². The van der Waals surface area contributed by atoms with Crippen molar-refractivity contribution in [1.82, 2.24) is 10.2 Å². The quantitative estimate of drug-likeness (QED) is 0.577. The SMILES string of the molecule is CC(C)c1[nH][nH]c(=O)c1CO. The molecule has 0 amide bonds. The highest BCUT2D eigenvalue weighted by molar-refractivity contribution is 5.18. The predicted molar refractivity (Wildman–Crippen MR) is 41.4 cm³/mol. The Hall–Kier alpha value is -1.03. The van der Waals surface area contributed by atoms with Crippen molar-refractivity contribution in [3.63, 3.8) is 0 Å². The number of hydrogen-bond acceptors (Lipinski definition) is 2. The van der Waals surface area contributed by atoms with Crippen LogP contribution in [0.3, 0.4) is 0 Å². The van der Waals surface area contributed by atoms with Gasteiger partial charge in [-0.2, -0.15) is 0 Å². The molecule has 0 atom stereocenters. The first kappa shape index (κ1) is 8.07. The zero-order chi connectivity index (χ0) is 8.43. The number of nitrogens with one attached hydrogen (secondary N) is 2. The van der Waals surface area contributed by atoms with E-state index in [4.69, 9.17) is 5.11 Å². The van der Waals surface area contributed by atoms with Crippen LogP contribution in [-0.2, 0) is 6.61 Å². The van der Waals surface area contributed by atoms with Crippen LogP contribution >= 0.6 is 0 Å². The third-order valence-corrected chi connectivity index (χ3v) is 1.65. The molecule has 11 heavy (non-hydrogen) atoms. The van der Waals surface area contributed by atoms with Crippen LogP contribution in [0, 0.1) is 0 Å². The molecule has 0 aliphatic rings. The Morgan fingerprint density at radius 1 is 1.45 bits per heavy atom. The molecule has 0 radical (unpaired) electrons. The Labute approximate surface area is 64.2 Å². The molecule has 1 aromatic heterocycles. The van der Waals surface area contributed by atoms with Crippen LogP contribution in [0.5, 0.6) is 0 Å². The van der Waals surface area contributed by atoms with Crippen molar-refractivity contribution in [1.29, 1.82) is 0 Å². The van der Waals surface area contributed by atoms with Gasteiger partial charge < -0.3 is 10.2 Å². The molecule has 0 saturated heterocycles. The summed E-state index contributed by atoms with van der Waals surface area (Å²) in [5, 5.41) is 14.0. The van der Waals surface area contributed by atoms with Gasteiger partial charge in [-0.25, -0.2) is 0 Å². The third-order valence-electron chi connectivity index (χ3n) is 1.65. The van der Waals surface area contributed by atoms with Crippen molar-refractivity contribution in [2.24, 2.45) is 0 Å². The van der Waals surface area contributed by atoms with Crippen molar-refractivity contribution >= 4 is 0 Å². The second-order valence-electron chi connectivity index (χ2n) is 2.78. The van der Waals surface area contributed by atoms with E-state index in [9.17, 15) is 4.79 Å². The summed E-state index contributed by atoms with van der Waals surface area (Å²) in [6, 6.07) is 0. The lowest BCUT2D eigenvalue weighted by Gasteiger charge is -2.01. The van der Waals surface area contributed by atoms with E-state index in [1.807, 2.05) is 13.8 Å². The van der Waals surface area contributed by atoms with Gasteiger partial charge in [0.1, 0.15) is 0 Å². The van der Waals surface area contributed by atoms with Crippen LogP contribution in [0.1, 0.15) is 31.0 Å². The molecule has 3 N–H and O–H groups in total. The lowest BCUT2D eigenvalue weighted by Crippen LogP contribution is -2.06. The summed E-state index contributed by atoms with van der Waals surface area (Å²) < 4.78 is 0. The van der Waals surface area contributed by atoms with E-state index in [-0.39, 0.29) is 18.1 Å². The van der Waals surface area contributed by atoms with Crippen LogP contribution in [0.2, 0.25) is 0 Å². The zero-order valence-electron chi connectivity index (χ0n) is 6.64. The normalized spacial score (nSPS) is 10.9. The number of H-pyrrole nitrogens is 2. The molecule has 0 aliphatic carbocycles. The molecule has 0 unspecified atom stereocenters. The molecular weight excluding hydrogens is 144 g/mol. The van der Waals surface area contributed by atoms with Gasteiger partial charge in [-0.3, -0.25) is 9.89 Å². The molecule has 0 bridgehead atoms. The van der Waals surface area contributed by atoms with E-state index < -0.39 is 0 Å². The van der Waals surface area contributed by atoms with Gasteiger partial charge in [0, 0.05) is 5.69 Å². The van der Waals surface area contributed by atoms with E-state index in [0.29, 0.717) is 5.56 Å². The van der Waals surface area contributed by atoms with Crippen LogP contribution in [0.25, 0.3) is 0 Å². The average Bonchev–Trinajstić information content (AvgIpc) is 2.30. The molecule has 4 nitrogen and oxygen atoms in total. The molecule has 0 aromatic carbocycles. The number of aliphatic hydroxyl groups is 1. The largest absolute Gasteiger partial charge is 0.391 e. The predicted octanol–water partition coefficient (Wildman–Crippen LogP) is 0.319. The number of aromatic amines is 2. The van der Waals surface area contributed by atoms with E-state index >= 15 is 0 Å². The van der Waals surface area contributed by atoms with Crippen molar-refractivity contribution < 1.29 is 5.11 Å². The standard InChI is InChI=1S/C7H12N2O2/c1-4(2)6-5(3-10)7(11)9-8-6/h4,10H,3H2,1-2H3,(H2,8,9,11). The minimum atomic E-state index is -0.226. The average molecular weight is 156 g/mol. The second-order valence-corrected chi connectivity index (χ2v) is 2.78. The number of hydrogen-bond donors (Lipinski definition) is 3. The first-order valence-corrected chi connectivity index (χ1v) is 3.57. The summed E-state index contributed by atoms with van der Waals surface area (Å²) >= 11 is 0. The summed E-state index contributed by atoms with van der Waals surface area (Å²) in [6.07, 6.45) is 0. The first-order chi connectivity index (χ1) is 5.16. The summed E-state index contributed by atoms with van der Waals surface area (Å²) in [5.41, 5.74) is 1.01. The third kappa shape index (κ3) is 1.35. The molecule has 0 spiro atoms. The number of rotatable bonds is 2. The maximum atomic E-state index is 10.9. The van der Waals surface area contributed by atoms with Crippen molar-refractivity contribution in [3.05, 3.63) is 21.6 Å². The lowest BCUT2D eigenvalue weighted by molar-refractivity contribution is 0.279. The Bertz CT molecular complexity index is 285. The fourth-order valence-electron chi connectivity index (χ4n) is 1.05. The smallest absolute Gasteiger partial charge is 0.269 e. The van der Waals surface area contributed by atoms with Crippen LogP contribution in [0.4, 0.5) is 0 Å². The van der Waals surface area contributed by atoms with Crippen molar-refractivity contribution in [2.75, 3.05) is 0 Å². The molecule has 0 fully saturated rings. The van der Waals surface area contributed by atoms with Crippen LogP contribution in [0.15, 0.2) is 4.79 Å². The van der Waals surface area contributed by atoms with E-state index in [1.54, 1.807) is 0 Å². The highest BCUT2D eigenvalue weighted by Crippen LogP contribution is 2.12. The van der Waals surface area contributed by atoms with Gasteiger partial charge in [-0.05, 0) is 5.92 Å². The second kappa shape index (κ2) is 2.92. The van der Waals surface area contributed by atoms with Gasteiger partial charge in [0.25, 0.3) is 5.56 Å². The molecule has 0 aliphatic heterocycles. The van der Waals surface area contributed by atoms with Gasteiger partial charge >= 0.3 is 0 Å². The zero-order valence-corrected chi connectivity index (χ0v) is 6.64. The van der Waals surface area contributed by atoms with Gasteiger partial charge in [-0.1, -0.05) is 13.8 Å². The minimum absolute atomic E-state index is 0.202. The van der Waals surface area contributed by atoms with Crippen molar-refractivity contribution in [3.8, 4) is 0 Å². The first-order valence-electron chi connectivity index (χ1n) is 3.57. The summed E-state index contributed by atoms with van der Waals surface area (Å²) in [6.45, 7) is 3.71. The van der Waals surface area contributed by atoms with Gasteiger partial charge in [-0.15, -0.1) is 0 Å². The highest BCUT2D eigenvalue weighted by Gasteiger charge is 2.10. The van der Waals surface area contributed by atoms with Gasteiger partial charge in [0.2, 0.25) is 0 Å². The lowest BCUT2D eigenvalue weighted by atomic mass is 10.1. The highest BCUT2D eigenvalue weighted by atomic mass is 16.3. The summed E-state index contributed by atoms with van der Waals surface area (Å²) in [4.78, 5) is 10.9. The Balaban J connectivity index is 3.16. The van der Waals surface area contributed by atoms with Crippen molar-refractivity contribution in [2.45, 2.75) is 26.4 Å². The Kier molecular flexibility index (Phi) is 2.14. The molecule has 4 heteroatoms. The van der Waals surface area contributed by atoms with E-state index in [2.05, 4.69) is 10.2 Å². The molecule has 1 rings (SSSR count). The molecule has 62 valence electrons. The fraction of sp³-hybridized carbons (Fsp3) is 0.571. The maximum Gasteiger partial charge on any atom is 0.269 e. The summed E-state index contributed by atoms with van der Waals surface area (Å²) in [7, 11) is 0. The number of aromatic nitrogens is 2. The Morgan fingerprint density at radius 3 is 2.45 bits per heavy atom. The van der Waals surface area contributed by atoms with Crippen LogP contribution in [-0.4, -0.2) is 15.3 Å². The maximum absolute atomic E-state index is 10.9. The summed E-state index contributed by atoms with van der Waals surface area (Å²) in [5.74, 6) is 0.232. The van der Waals surface area contributed by atoms with E-state index in [0.717, 1.165) is 5.69 Å². The van der Waals surface area contributed by atoms with E-state index in [1.165, 1.54) is 0 Å². The molecule has 1 aromatic rings. The molecule has 1 heterocycles. The molecular formula is C7H12N2O2.